The number of aromatic nitrogens is 3. The number of phenols is 2. The summed E-state index contributed by atoms with van der Waals surface area (Å²) < 4.78 is 5.15. The van der Waals surface area contributed by atoms with Gasteiger partial charge in [0, 0.05) is 6.20 Å². The van der Waals surface area contributed by atoms with Crippen LogP contribution in [0.3, 0.4) is 0 Å². The van der Waals surface area contributed by atoms with Gasteiger partial charge in [-0.05, 0) is 30.2 Å². The van der Waals surface area contributed by atoms with Gasteiger partial charge in [0.25, 0.3) is 5.89 Å². The molecular formula is C15H13N3O3. The van der Waals surface area contributed by atoms with Crippen molar-refractivity contribution in [3.63, 3.8) is 0 Å². The normalized spacial score (nSPS) is 10.7. The number of nitrogens with zero attached hydrogens (tertiary/aromatic N) is 3. The van der Waals surface area contributed by atoms with E-state index < -0.39 is 0 Å². The summed E-state index contributed by atoms with van der Waals surface area (Å²) in [4.78, 5) is 8.48. The molecule has 3 aromatic rings. The van der Waals surface area contributed by atoms with Gasteiger partial charge in [0.2, 0.25) is 5.82 Å². The van der Waals surface area contributed by atoms with Gasteiger partial charge >= 0.3 is 0 Å². The molecule has 6 heteroatoms. The van der Waals surface area contributed by atoms with Crippen LogP contribution in [0.4, 0.5) is 0 Å². The molecule has 0 aliphatic heterocycles. The lowest BCUT2D eigenvalue weighted by Crippen LogP contribution is -1.92. The second-order valence-corrected chi connectivity index (χ2v) is 4.46. The fourth-order valence-electron chi connectivity index (χ4n) is 2.09. The lowest BCUT2D eigenvalue weighted by Gasteiger charge is -2.01. The second-order valence-electron chi connectivity index (χ2n) is 4.46. The van der Waals surface area contributed by atoms with Crippen molar-refractivity contribution >= 4 is 0 Å². The number of pyridine rings is 1. The van der Waals surface area contributed by atoms with Crippen LogP contribution in [0.5, 0.6) is 11.5 Å². The molecule has 6 nitrogen and oxygen atoms in total. The Morgan fingerprint density at radius 3 is 2.57 bits per heavy atom. The number of hydrogen-bond acceptors (Lipinski definition) is 6. The van der Waals surface area contributed by atoms with Crippen LogP contribution in [-0.4, -0.2) is 25.3 Å². The molecule has 106 valence electrons. The fourth-order valence-corrected chi connectivity index (χ4v) is 2.09. The van der Waals surface area contributed by atoms with Crippen LogP contribution in [0.15, 0.2) is 41.1 Å². The summed E-state index contributed by atoms with van der Waals surface area (Å²) in [6.45, 7) is 2.01. The zero-order chi connectivity index (χ0) is 14.8. The molecule has 21 heavy (non-hydrogen) atoms. The molecule has 0 saturated heterocycles. The molecule has 3 rings (SSSR count). The lowest BCUT2D eigenvalue weighted by molar-refractivity contribution is 0.415. The first-order valence-electron chi connectivity index (χ1n) is 6.50. The quantitative estimate of drug-likeness (QED) is 0.767. The molecule has 0 atom stereocenters. The van der Waals surface area contributed by atoms with Gasteiger partial charge in [-0.2, -0.15) is 4.98 Å². The maximum absolute atomic E-state index is 9.82. The highest BCUT2D eigenvalue weighted by Gasteiger charge is 2.19. The molecule has 0 aliphatic carbocycles. The van der Waals surface area contributed by atoms with E-state index in [9.17, 15) is 10.2 Å². The standard InChI is InChI=1S/C15H13N3O3/c1-2-9-5-4-8-16-13(9)14-17-15(21-18-14)12-10(19)6-3-7-11(12)20/h3-8,19-20H,2H2,1H3. The predicted octanol–water partition coefficient (Wildman–Crippen LogP) is 2.77. The maximum atomic E-state index is 9.82. The molecule has 2 heterocycles. The van der Waals surface area contributed by atoms with Crippen LogP contribution in [0.1, 0.15) is 12.5 Å². The van der Waals surface area contributed by atoms with Crippen molar-refractivity contribution in [1.82, 2.24) is 15.1 Å². The molecule has 0 spiro atoms. The molecule has 0 radical (unpaired) electrons. The minimum absolute atomic E-state index is 0.0494. The Morgan fingerprint density at radius 2 is 1.86 bits per heavy atom. The number of aromatic hydroxyl groups is 2. The monoisotopic (exact) mass is 283 g/mol. The Bertz CT molecular complexity index is 763. The topological polar surface area (TPSA) is 92.3 Å². The third-order valence-corrected chi connectivity index (χ3v) is 3.14. The molecule has 2 aromatic heterocycles. The van der Waals surface area contributed by atoms with E-state index in [1.807, 2.05) is 19.1 Å². The summed E-state index contributed by atoms with van der Waals surface area (Å²) >= 11 is 0. The Hall–Kier alpha value is -2.89. The molecule has 1 aromatic carbocycles. The molecule has 0 unspecified atom stereocenters. The third kappa shape index (κ3) is 2.31. The number of benzene rings is 1. The van der Waals surface area contributed by atoms with E-state index >= 15 is 0 Å². The van der Waals surface area contributed by atoms with Crippen LogP contribution in [0, 0.1) is 0 Å². The average molecular weight is 283 g/mol. The van der Waals surface area contributed by atoms with Gasteiger partial charge in [-0.3, -0.25) is 4.98 Å². The minimum Gasteiger partial charge on any atom is -0.507 e. The number of rotatable bonds is 3. The van der Waals surface area contributed by atoms with E-state index in [0.717, 1.165) is 12.0 Å². The number of phenolic OH excluding ortho intramolecular Hbond substituents is 2. The molecule has 0 bridgehead atoms. The van der Waals surface area contributed by atoms with Gasteiger partial charge in [0.05, 0.1) is 0 Å². The Labute approximate surface area is 120 Å². The molecular weight excluding hydrogens is 270 g/mol. The van der Waals surface area contributed by atoms with Gasteiger partial charge in [-0.1, -0.05) is 24.2 Å². The summed E-state index contributed by atoms with van der Waals surface area (Å²) in [6, 6.07) is 8.20. The van der Waals surface area contributed by atoms with Gasteiger partial charge in [-0.25, -0.2) is 0 Å². The van der Waals surface area contributed by atoms with Crippen molar-refractivity contribution in [2.24, 2.45) is 0 Å². The van der Waals surface area contributed by atoms with E-state index in [1.54, 1.807) is 6.20 Å². The first-order chi connectivity index (χ1) is 10.2. The summed E-state index contributed by atoms with van der Waals surface area (Å²) in [5.41, 5.74) is 1.74. The van der Waals surface area contributed by atoms with E-state index in [1.165, 1.54) is 18.2 Å². The van der Waals surface area contributed by atoms with Crippen molar-refractivity contribution < 1.29 is 14.7 Å². The molecule has 0 saturated carbocycles. The molecule has 0 fully saturated rings. The van der Waals surface area contributed by atoms with E-state index in [-0.39, 0.29) is 23.0 Å². The van der Waals surface area contributed by atoms with Crippen molar-refractivity contribution in [2.75, 3.05) is 0 Å². The van der Waals surface area contributed by atoms with Gasteiger partial charge in [0.1, 0.15) is 22.8 Å². The predicted molar refractivity (Wildman–Crippen MR) is 75.7 cm³/mol. The van der Waals surface area contributed by atoms with Crippen molar-refractivity contribution in [2.45, 2.75) is 13.3 Å². The van der Waals surface area contributed by atoms with Crippen LogP contribution in [0.2, 0.25) is 0 Å². The second kappa shape index (κ2) is 5.24. The minimum atomic E-state index is -0.123. The number of aryl methyl sites for hydroxylation is 1. The summed E-state index contributed by atoms with van der Waals surface area (Å²) in [5, 5.41) is 23.5. The highest BCUT2D eigenvalue weighted by Crippen LogP contribution is 2.36. The maximum Gasteiger partial charge on any atom is 0.265 e. The fraction of sp³-hybridized carbons (Fsp3) is 0.133. The van der Waals surface area contributed by atoms with Gasteiger partial charge in [-0.15, -0.1) is 0 Å². The Kier molecular flexibility index (Phi) is 3.27. The smallest absolute Gasteiger partial charge is 0.265 e. The third-order valence-electron chi connectivity index (χ3n) is 3.14. The highest BCUT2D eigenvalue weighted by molar-refractivity contribution is 5.71. The first kappa shape index (κ1) is 13.1. The van der Waals surface area contributed by atoms with E-state index in [2.05, 4.69) is 15.1 Å². The molecule has 0 amide bonds. The van der Waals surface area contributed by atoms with Crippen LogP contribution in [-0.2, 0) is 6.42 Å². The van der Waals surface area contributed by atoms with Crippen LogP contribution in [0.25, 0.3) is 23.0 Å². The Morgan fingerprint density at radius 1 is 1.10 bits per heavy atom. The van der Waals surface area contributed by atoms with Gasteiger partial charge in [0.15, 0.2) is 0 Å². The summed E-state index contributed by atoms with van der Waals surface area (Å²) in [6.07, 6.45) is 2.44. The summed E-state index contributed by atoms with van der Waals surface area (Å²) in [7, 11) is 0. The van der Waals surface area contributed by atoms with Crippen molar-refractivity contribution in [3.05, 3.63) is 42.1 Å². The van der Waals surface area contributed by atoms with E-state index in [0.29, 0.717) is 11.5 Å². The van der Waals surface area contributed by atoms with Gasteiger partial charge < -0.3 is 14.7 Å². The van der Waals surface area contributed by atoms with Crippen molar-refractivity contribution in [3.8, 4) is 34.5 Å². The zero-order valence-corrected chi connectivity index (χ0v) is 11.3. The number of hydrogen-bond donors (Lipinski definition) is 2. The Balaban J connectivity index is 2.09. The molecule has 0 aliphatic rings. The lowest BCUT2D eigenvalue weighted by atomic mass is 10.1. The summed E-state index contributed by atoms with van der Waals surface area (Å²) in [5.74, 6) is 0.127. The highest BCUT2D eigenvalue weighted by atomic mass is 16.5. The van der Waals surface area contributed by atoms with Crippen molar-refractivity contribution in [1.29, 1.82) is 0 Å². The van der Waals surface area contributed by atoms with Crippen LogP contribution < -0.4 is 0 Å². The molecule has 2 N–H and O–H groups in total. The zero-order valence-electron chi connectivity index (χ0n) is 11.3. The SMILES string of the molecule is CCc1cccnc1-c1noc(-c2c(O)cccc2O)n1. The first-order valence-corrected chi connectivity index (χ1v) is 6.50. The van der Waals surface area contributed by atoms with Crippen LogP contribution >= 0.6 is 0 Å². The van der Waals surface area contributed by atoms with E-state index in [4.69, 9.17) is 4.52 Å². The average Bonchev–Trinajstić information content (AvgIpc) is 2.96. The largest absolute Gasteiger partial charge is 0.507 e.